The maximum absolute atomic E-state index is 13.0. The molecule has 0 bridgehead atoms. The van der Waals surface area contributed by atoms with E-state index in [-0.39, 0.29) is 47.4 Å². The minimum Gasteiger partial charge on any atom is -0.790 e. The van der Waals surface area contributed by atoms with Crippen LogP contribution in [0.2, 0.25) is 5.02 Å². The van der Waals surface area contributed by atoms with E-state index < -0.39 is 116 Å². The number of fused-ring (bicyclic) bond motifs is 2. The first-order chi connectivity index (χ1) is 31.0. The Balaban J connectivity index is 0.934. The average molecular weight is 1010 g/mol. The maximum atomic E-state index is 13.0. The van der Waals surface area contributed by atoms with Crippen LogP contribution in [0, 0.1) is 0 Å². The molecule has 0 amide bonds. The zero-order valence-corrected chi connectivity index (χ0v) is 36.6. The first-order valence-electron chi connectivity index (χ1n) is 18.8. The summed E-state index contributed by atoms with van der Waals surface area (Å²) < 4.78 is 80.1. The van der Waals surface area contributed by atoms with Crippen LogP contribution >= 0.6 is 35.1 Å². The number of nitrogen functional groups attached to an aromatic ring is 2. The normalized spacial score (nSPS) is 25.9. The first kappa shape index (κ1) is 49.6. The summed E-state index contributed by atoms with van der Waals surface area (Å²) in [7, 11) is -17.1. The van der Waals surface area contributed by atoms with E-state index in [2.05, 4.69) is 43.0 Å². The summed E-state index contributed by atoms with van der Waals surface area (Å²) in [5.41, 5.74) is 9.38. The van der Waals surface area contributed by atoms with Gasteiger partial charge < -0.3 is 92.9 Å². The number of aromatic nitrogens is 8. The molecule has 2 saturated heterocycles. The summed E-state index contributed by atoms with van der Waals surface area (Å²) in [6.45, 7) is -4.89. The van der Waals surface area contributed by atoms with Gasteiger partial charge in [-0.1, -0.05) is 16.6 Å². The quantitative estimate of drug-likeness (QED) is 0.0266. The molecule has 0 aliphatic carbocycles. The van der Waals surface area contributed by atoms with Gasteiger partial charge in [-0.15, -0.1) is 0 Å². The number of benzene rings is 1. The third-order valence-corrected chi connectivity index (χ3v) is 12.4. The highest BCUT2D eigenvalue weighted by atomic mass is 35.5. The third-order valence-electron chi connectivity index (χ3n) is 9.69. The topological polar surface area (TPSA) is 468 Å². The molecule has 2 aliphatic rings. The van der Waals surface area contributed by atoms with Crippen molar-refractivity contribution in [2.24, 2.45) is 0 Å². The van der Waals surface area contributed by atoms with Crippen molar-refractivity contribution in [2.45, 2.75) is 61.7 Å². The number of halogens is 1. The second-order valence-corrected chi connectivity index (χ2v) is 18.6. The SMILES string of the molecule is Nc1nc2c(ncn2[C@@H]2OC(COP(=O)([O-])OCC(COP(=O)([O-])OC[C@H]3OC([n+]4cn(CCOc5ccc(Cl)cc5)c5c(=O)[nH]c(N)nc54)[C@H](O)[C@@H]3O)OP(=O)([O-])[O-])[C@@H](O)[C@H]2O)c(=O)[nH]1. The Kier molecular flexibility index (Phi) is 14.8. The molecule has 0 saturated carbocycles. The lowest BCUT2D eigenvalue weighted by atomic mass is 10.1. The standard InChI is InChI=1S/C31H40ClN10O21P3/c32-13-1-3-14(4-2-13)56-6-5-40-12-42(25-19(40)27(48)39-31(34)37-25)29-23(46)21(44)17(62-29)10-60-66(54,55)58-8-15(63-64(49,50)51)7-57-65(52,53)59-9-16-20(43)22(45)28(61-16)41-11-35-18-24(41)36-30(33)38-26(18)47/h1-4,11-12,15-17,20-23,28-29,43-46H,5-10H2,(H9-,33,34,36,37,38,39,47,48,49,50,51,52,53,54,55)/p-3/t15?,16?,17-,20-,21-,22-,23-,28-,29?/m1/s1. The van der Waals surface area contributed by atoms with Gasteiger partial charge >= 0.3 is 5.65 Å². The van der Waals surface area contributed by atoms with Crippen molar-refractivity contribution in [3.05, 3.63) is 62.7 Å². The fourth-order valence-corrected chi connectivity index (χ4v) is 8.81. The minimum absolute atomic E-state index is 0.0190. The first-order valence-corrected chi connectivity index (χ1v) is 23.6. The van der Waals surface area contributed by atoms with Crippen LogP contribution in [0.15, 0.2) is 46.5 Å². The molecule has 1 aromatic carbocycles. The molecule has 10 N–H and O–H groups in total. The van der Waals surface area contributed by atoms with E-state index in [1.807, 2.05) is 0 Å². The molecule has 2 fully saturated rings. The molecule has 0 radical (unpaired) electrons. The van der Waals surface area contributed by atoms with Crippen LogP contribution in [0.1, 0.15) is 12.5 Å². The number of rotatable bonds is 20. The Morgan fingerprint density at radius 1 is 0.833 bits per heavy atom. The highest BCUT2D eigenvalue weighted by molar-refractivity contribution is 7.46. The van der Waals surface area contributed by atoms with Crippen LogP contribution in [0.3, 0.4) is 0 Å². The maximum Gasteiger partial charge on any atom is 0.313 e. The van der Waals surface area contributed by atoms with E-state index in [1.54, 1.807) is 24.3 Å². The molecule has 5 unspecified atom stereocenters. The predicted octanol–water partition coefficient (Wildman–Crippen LogP) is -5.50. The second kappa shape index (κ2) is 19.7. The molecule has 5 aromatic rings. The van der Waals surface area contributed by atoms with Gasteiger partial charge in [-0.25, -0.2) is 9.55 Å². The van der Waals surface area contributed by atoms with Gasteiger partial charge in [0, 0.05) is 5.02 Å². The molecule has 35 heteroatoms. The smallest absolute Gasteiger partial charge is 0.313 e. The monoisotopic (exact) mass is 1010 g/mol. The average Bonchev–Trinajstić information content (AvgIpc) is 3.97. The van der Waals surface area contributed by atoms with Crippen LogP contribution in [0.4, 0.5) is 11.9 Å². The number of anilines is 2. The number of aliphatic hydroxyl groups excluding tert-OH is 4. The van der Waals surface area contributed by atoms with Gasteiger partial charge in [0.1, 0.15) is 61.6 Å². The molecule has 0 spiro atoms. The van der Waals surface area contributed by atoms with E-state index in [4.69, 9.17) is 41.8 Å². The van der Waals surface area contributed by atoms with Crippen molar-refractivity contribution in [1.29, 1.82) is 0 Å². The summed E-state index contributed by atoms with van der Waals surface area (Å²) in [6, 6.07) is 6.44. The number of phosphoric acid groups is 3. The number of nitrogens with two attached hydrogens (primary N) is 2. The molecular weight excluding hydrogens is 977 g/mol. The van der Waals surface area contributed by atoms with Crippen LogP contribution in [0.25, 0.3) is 22.3 Å². The van der Waals surface area contributed by atoms with Crippen LogP contribution in [-0.2, 0) is 52.3 Å². The van der Waals surface area contributed by atoms with Gasteiger partial charge in [0.15, 0.2) is 23.7 Å². The number of imidazole rings is 2. The molecule has 6 heterocycles. The molecular formula is C31H37ClN10O21P3-3. The van der Waals surface area contributed by atoms with E-state index in [1.165, 1.54) is 10.9 Å². The van der Waals surface area contributed by atoms with Crippen LogP contribution < -0.4 is 51.5 Å². The van der Waals surface area contributed by atoms with Crippen molar-refractivity contribution >= 4 is 69.3 Å². The van der Waals surface area contributed by atoms with Crippen molar-refractivity contribution in [3.8, 4) is 5.75 Å². The van der Waals surface area contributed by atoms with Crippen LogP contribution in [-0.4, -0.2) is 130 Å². The molecule has 31 nitrogen and oxygen atoms in total. The Bertz CT molecular complexity index is 2810. The van der Waals surface area contributed by atoms with Gasteiger partial charge in [-0.3, -0.25) is 37.8 Å². The zero-order chi connectivity index (χ0) is 47.9. The highest BCUT2D eigenvalue weighted by Gasteiger charge is 2.48. The second-order valence-electron chi connectivity index (χ2n) is 14.3. The van der Waals surface area contributed by atoms with E-state index in [9.17, 15) is 63.3 Å². The lowest BCUT2D eigenvalue weighted by Gasteiger charge is -2.35. The molecule has 66 heavy (non-hydrogen) atoms. The van der Waals surface area contributed by atoms with E-state index >= 15 is 0 Å². The van der Waals surface area contributed by atoms with Gasteiger partial charge in [0.25, 0.3) is 32.7 Å². The number of nitrogens with zero attached hydrogens (tertiary/aromatic N) is 6. The summed E-state index contributed by atoms with van der Waals surface area (Å²) >= 11 is 5.91. The van der Waals surface area contributed by atoms with Crippen molar-refractivity contribution in [3.63, 3.8) is 0 Å². The number of nitrogens with one attached hydrogen (secondary N) is 2. The fourth-order valence-electron chi connectivity index (χ4n) is 6.69. The largest absolute Gasteiger partial charge is 0.790 e. The molecule has 4 aromatic heterocycles. The summed E-state index contributed by atoms with van der Waals surface area (Å²) in [6.07, 6.45) is -13.4. The Morgan fingerprint density at radius 2 is 1.42 bits per heavy atom. The Morgan fingerprint density at radius 3 is 2.06 bits per heavy atom. The molecule has 2 aliphatic heterocycles. The number of aliphatic hydroxyl groups is 4. The summed E-state index contributed by atoms with van der Waals surface area (Å²) in [4.78, 5) is 89.7. The zero-order valence-electron chi connectivity index (χ0n) is 33.2. The van der Waals surface area contributed by atoms with Crippen molar-refractivity contribution in [2.75, 3.05) is 44.5 Å². The number of phosphoric ester groups is 3. The Hall–Kier alpha value is -4.30. The molecule has 11 atom stereocenters. The van der Waals surface area contributed by atoms with Gasteiger partial charge in [-0.2, -0.15) is 4.98 Å². The fraction of sp³-hybridized carbons (Fsp3) is 0.484. The number of aromatic amines is 2. The lowest BCUT2D eigenvalue weighted by Crippen LogP contribution is -2.46. The number of hydrogen-bond acceptors (Lipinski definition) is 26. The van der Waals surface area contributed by atoms with Crippen molar-refractivity contribution < 1.29 is 95.1 Å². The molecule has 7 rings (SSSR count). The molecule has 362 valence electrons. The van der Waals surface area contributed by atoms with Gasteiger partial charge in [0.2, 0.25) is 17.7 Å². The predicted molar refractivity (Wildman–Crippen MR) is 208 cm³/mol. The third kappa shape index (κ3) is 11.5. The minimum atomic E-state index is -6.00. The lowest BCUT2D eigenvalue weighted by molar-refractivity contribution is -0.746. The van der Waals surface area contributed by atoms with E-state index in [0.29, 0.717) is 10.8 Å². The summed E-state index contributed by atoms with van der Waals surface area (Å²) in [5.74, 6) is -0.178. The van der Waals surface area contributed by atoms with Gasteiger partial charge in [-0.05, 0) is 24.3 Å². The highest BCUT2D eigenvalue weighted by Crippen LogP contribution is 2.44. The Labute approximate surface area is 372 Å². The number of H-pyrrole nitrogens is 2. The van der Waals surface area contributed by atoms with Crippen LogP contribution in [0.5, 0.6) is 5.75 Å². The van der Waals surface area contributed by atoms with E-state index in [0.717, 1.165) is 15.5 Å². The summed E-state index contributed by atoms with van der Waals surface area (Å²) in [5, 5.41) is 43.3. The van der Waals surface area contributed by atoms with Crippen molar-refractivity contribution in [1.82, 2.24) is 34.1 Å². The number of ether oxygens (including phenoxy) is 3. The van der Waals surface area contributed by atoms with Gasteiger partial charge in [0.05, 0.1) is 40.6 Å². The number of hydrogen-bond donors (Lipinski definition) is 8.